The van der Waals surface area contributed by atoms with E-state index in [1.807, 2.05) is 0 Å². The highest BCUT2D eigenvalue weighted by Crippen LogP contribution is 2.26. The maximum Gasteiger partial charge on any atom is 0.258 e. The third kappa shape index (κ3) is 2.77. The zero-order valence-electron chi connectivity index (χ0n) is 10.4. The van der Waals surface area contributed by atoms with Gasteiger partial charge >= 0.3 is 0 Å². The number of nitrogens with zero attached hydrogens (tertiary/aromatic N) is 1. The molecule has 1 aromatic carbocycles. The summed E-state index contributed by atoms with van der Waals surface area (Å²) in [7, 11) is 1.49. The van der Waals surface area contributed by atoms with E-state index in [4.69, 9.17) is 0 Å². The number of carbonyl (C=O) groups is 1. The van der Waals surface area contributed by atoms with E-state index in [-0.39, 0.29) is 17.1 Å². The predicted octanol–water partition coefficient (Wildman–Crippen LogP) is 3.42. The first-order valence-electron chi connectivity index (χ1n) is 5.62. The lowest BCUT2D eigenvalue weighted by atomic mass is 10.2. The second kappa shape index (κ2) is 5.96. The van der Waals surface area contributed by atoms with Gasteiger partial charge in [-0.1, -0.05) is 6.07 Å². The van der Waals surface area contributed by atoms with Crippen LogP contribution in [0.25, 0.3) is 0 Å². The van der Waals surface area contributed by atoms with Gasteiger partial charge in [0.2, 0.25) is 0 Å². The fourth-order valence-electron chi connectivity index (χ4n) is 1.59. The van der Waals surface area contributed by atoms with Crippen molar-refractivity contribution in [3.8, 4) is 0 Å². The highest BCUT2D eigenvalue weighted by Gasteiger charge is 2.18. The molecule has 104 valence electrons. The maximum atomic E-state index is 13.9. The Balaban J connectivity index is 2.34. The van der Waals surface area contributed by atoms with E-state index in [0.717, 1.165) is 0 Å². The summed E-state index contributed by atoms with van der Waals surface area (Å²) in [6.45, 7) is 0. The molecule has 0 bridgehead atoms. The Bertz CT molecular complexity index is 644. The molecule has 1 heterocycles. The molecule has 0 unspecified atom stereocenters. The van der Waals surface area contributed by atoms with Crippen LogP contribution in [0.2, 0.25) is 0 Å². The third-order valence-corrected chi connectivity index (χ3v) is 3.23. The van der Waals surface area contributed by atoms with Gasteiger partial charge in [-0.25, -0.2) is 13.8 Å². The number of pyridine rings is 1. The minimum atomic E-state index is -0.792. The molecule has 0 atom stereocenters. The monoisotopic (exact) mass is 341 g/mol. The lowest BCUT2D eigenvalue weighted by Crippen LogP contribution is -2.16. The number of hydrogen-bond donors (Lipinski definition) is 2. The van der Waals surface area contributed by atoms with Crippen LogP contribution in [0.1, 0.15) is 10.4 Å². The molecule has 1 amide bonds. The second-order valence-electron chi connectivity index (χ2n) is 3.82. The second-order valence-corrected chi connectivity index (χ2v) is 4.68. The van der Waals surface area contributed by atoms with Crippen LogP contribution in [0.5, 0.6) is 0 Å². The molecule has 2 N–H and O–H groups in total. The molecule has 1 aromatic heterocycles. The molecule has 20 heavy (non-hydrogen) atoms. The number of rotatable bonds is 3. The lowest BCUT2D eigenvalue weighted by molar-refractivity contribution is 0.102. The van der Waals surface area contributed by atoms with Gasteiger partial charge in [0, 0.05) is 17.7 Å². The van der Waals surface area contributed by atoms with Crippen molar-refractivity contribution < 1.29 is 13.6 Å². The molecule has 2 rings (SSSR count). The fraction of sp³-hybridized carbons (Fsp3) is 0.0769. The molecule has 4 nitrogen and oxygen atoms in total. The van der Waals surface area contributed by atoms with E-state index >= 15 is 0 Å². The van der Waals surface area contributed by atoms with Crippen molar-refractivity contribution in [3.05, 3.63) is 52.1 Å². The molecule has 0 radical (unpaired) electrons. The Hall–Kier alpha value is -2.02. The summed E-state index contributed by atoms with van der Waals surface area (Å²) < 4.78 is 27.9. The number of amides is 1. The molecule has 0 saturated heterocycles. The smallest absolute Gasteiger partial charge is 0.258 e. The Morgan fingerprint density at radius 2 is 2.05 bits per heavy atom. The SMILES string of the molecule is CNc1nccc(C(=O)Nc2c(F)cccc2Br)c1F. The van der Waals surface area contributed by atoms with Gasteiger partial charge < -0.3 is 10.6 Å². The average Bonchev–Trinajstić information content (AvgIpc) is 2.43. The van der Waals surface area contributed by atoms with Crippen molar-refractivity contribution in [1.29, 1.82) is 0 Å². The highest BCUT2D eigenvalue weighted by molar-refractivity contribution is 9.10. The van der Waals surface area contributed by atoms with Crippen molar-refractivity contribution >= 4 is 33.3 Å². The summed E-state index contributed by atoms with van der Waals surface area (Å²) >= 11 is 3.12. The van der Waals surface area contributed by atoms with Gasteiger partial charge in [-0.05, 0) is 34.1 Å². The van der Waals surface area contributed by atoms with Crippen LogP contribution < -0.4 is 10.6 Å². The fourth-order valence-corrected chi connectivity index (χ4v) is 2.03. The van der Waals surface area contributed by atoms with Crippen molar-refractivity contribution in [3.63, 3.8) is 0 Å². The van der Waals surface area contributed by atoms with E-state index in [2.05, 4.69) is 31.5 Å². The Morgan fingerprint density at radius 1 is 1.30 bits per heavy atom. The Morgan fingerprint density at radius 3 is 2.70 bits per heavy atom. The molecular weight excluding hydrogens is 332 g/mol. The number of aromatic nitrogens is 1. The number of nitrogens with one attached hydrogen (secondary N) is 2. The number of benzene rings is 1. The van der Waals surface area contributed by atoms with E-state index in [1.165, 1.54) is 31.4 Å². The number of para-hydroxylation sites is 1. The van der Waals surface area contributed by atoms with E-state index in [1.54, 1.807) is 6.07 Å². The molecule has 0 aliphatic heterocycles. The maximum absolute atomic E-state index is 13.9. The number of carbonyl (C=O) groups excluding carboxylic acids is 1. The van der Waals surface area contributed by atoms with Crippen molar-refractivity contribution in [1.82, 2.24) is 4.98 Å². The van der Waals surface area contributed by atoms with Crippen molar-refractivity contribution in [2.75, 3.05) is 17.7 Å². The number of hydrogen-bond acceptors (Lipinski definition) is 3. The number of anilines is 2. The number of halogens is 3. The summed E-state index contributed by atoms with van der Waals surface area (Å²) in [6, 6.07) is 5.48. The average molecular weight is 342 g/mol. The minimum Gasteiger partial charge on any atom is -0.371 e. The van der Waals surface area contributed by atoms with E-state index in [9.17, 15) is 13.6 Å². The molecule has 0 aliphatic carbocycles. The normalized spacial score (nSPS) is 10.2. The lowest BCUT2D eigenvalue weighted by Gasteiger charge is -2.10. The Kier molecular flexibility index (Phi) is 4.29. The van der Waals surface area contributed by atoms with Crippen LogP contribution in [0, 0.1) is 11.6 Å². The largest absolute Gasteiger partial charge is 0.371 e. The zero-order valence-corrected chi connectivity index (χ0v) is 12.0. The molecule has 0 aliphatic rings. The van der Waals surface area contributed by atoms with Crippen LogP contribution in [-0.4, -0.2) is 17.9 Å². The summed E-state index contributed by atoms with van der Waals surface area (Å²) in [4.78, 5) is 15.7. The van der Waals surface area contributed by atoms with Crippen molar-refractivity contribution in [2.24, 2.45) is 0 Å². The zero-order chi connectivity index (χ0) is 14.7. The third-order valence-electron chi connectivity index (χ3n) is 2.57. The molecule has 7 heteroatoms. The van der Waals surface area contributed by atoms with Gasteiger partial charge in [-0.3, -0.25) is 4.79 Å². The molecule has 0 fully saturated rings. The van der Waals surface area contributed by atoms with Gasteiger partial charge in [0.1, 0.15) is 5.82 Å². The Labute approximate surface area is 122 Å². The van der Waals surface area contributed by atoms with Crippen molar-refractivity contribution in [2.45, 2.75) is 0 Å². The molecule has 2 aromatic rings. The first-order chi connectivity index (χ1) is 9.54. The van der Waals surface area contributed by atoms with Gasteiger partial charge in [-0.15, -0.1) is 0 Å². The van der Waals surface area contributed by atoms with Crippen LogP contribution in [-0.2, 0) is 0 Å². The first kappa shape index (κ1) is 14.4. The topological polar surface area (TPSA) is 54.0 Å². The van der Waals surface area contributed by atoms with Gasteiger partial charge in [0.05, 0.1) is 11.3 Å². The van der Waals surface area contributed by atoms with Crippen LogP contribution in [0.4, 0.5) is 20.3 Å². The summed E-state index contributed by atoms with van der Waals surface area (Å²) in [5, 5.41) is 4.86. The van der Waals surface area contributed by atoms with E-state index < -0.39 is 17.5 Å². The summed E-state index contributed by atoms with van der Waals surface area (Å²) in [6.07, 6.45) is 1.29. The van der Waals surface area contributed by atoms with Gasteiger partial charge in [0.15, 0.2) is 11.6 Å². The van der Waals surface area contributed by atoms with Crippen LogP contribution in [0.15, 0.2) is 34.9 Å². The van der Waals surface area contributed by atoms with Crippen LogP contribution in [0.3, 0.4) is 0 Å². The summed E-state index contributed by atoms with van der Waals surface area (Å²) in [5.41, 5.74) is -0.265. The van der Waals surface area contributed by atoms with E-state index in [0.29, 0.717) is 4.47 Å². The molecule has 0 saturated carbocycles. The highest BCUT2D eigenvalue weighted by atomic mass is 79.9. The molecule has 0 spiro atoms. The molecular formula is C13H10BrF2N3O. The van der Waals surface area contributed by atoms with Crippen LogP contribution >= 0.6 is 15.9 Å². The quantitative estimate of drug-likeness (QED) is 0.899. The van der Waals surface area contributed by atoms with Gasteiger partial charge in [0.25, 0.3) is 5.91 Å². The first-order valence-corrected chi connectivity index (χ1v) is 6.41. The predicted molar refractivity (Wildman–Crippen MR) is 75.8 cm³/mol. The summed E-state index contributed by atoms with van der Waals surface area (Å²) in [5.74, 6) is -2.21. The minimum absolute atomic E-state index is 0.0419. The van der Waals surface area contributed by atoms with Gasteiger partial charge in [-0.2, -0.15) is 0 Å². The standard InChI is InChI=1S/C13H10BrF2N3O/c1-17-12-10(16)7(5-6-18-12)13(20)19-11-8(14)3-2-4-9(11)15/h2-6H,1H3,(H,17,18)(H,19,20).